The first kappa shape index (κ1) is 19.9. The van der Waals surface area contributed by atoms with E-state index in [1.165, 1.54) is 23.1 Å². The Labute approximate surface area is 174 Å². The number of hydrogen-bond acceptors (Lipinski definition) is 4. The lowest BCUT2D eigenvalue weighted by Gasteiger charge is -2.15. The molecule has 30 heavy (non-hydrogen) atoms. The number of amides is 2. The van der Waals surface area contributed by atoms with Crippen molar-refractivity contribution in [3.8, 4) is 11.1 Å². The van der Waals surface area contributed by atoms with Crippen LogP contribution in [0.5, 0.6) is 0 Å². The summed E-state index contributed by atoms with van der Waals surface area (Å²) in [5, 5.41) is 11.5. The molecule has 2 unspecified atom stereocenters. The molecule has 1 saturated carbocycles. The zero-order valence-corrected chi connectivity index (χ0v) is 16.7. The van der Waals surface area contributed by atoms with Gasteiger partial charge in [0, 0.05) is 25.4 Å². The van der Waals surface area contributed by atoms with Crippen molar-refractivity contribution in [1.82, 2.24) is 10.2 Å². The summed E-state index contributed by atoms with van der Waals surface area (Å²) in [6.07, 6.45) is 0.140. The molecule has 2 N–H and O–H groups in total. The smallest absolute Gasteiger partial charge is 0.407 e. The van der Waals surface area contributed by atoms with Crippen molar-refractivity contribution in [3.05, 3.63) is 59.7 Å². The molecule has 2 amide bonds. The van der Waals surface area contributed by atoms with Gasteiger partial charge in [-0.25, -0.2) is 4.79 Å². The van der Waals surface area contributed by atoms with E-state index in [2.05, 4.69) is 29.6 Å². The molecule has 0 aliphatic heterocycles. The van der Waals surface area contributed by atoms with E-state index in [1.807, 2.05) is 24.3 Å². The second kappa shape index (κ2) is 8.18. The average molecular weight is 408 g/mol. The lowest BCUT2D eigenvalue weighted by atomic mass is 9.98. The van der Waals surface area contributed by atoms with Gasteiger partial charge in [0.2, 0.25) is 5.91 Å². The SMILES string of the molecule is CN(CC(=O)O)C(=O)C1CC1CNC(=O)OCC1c2ccccc2-c2ccccc21. The highest BCUT2D eigenvalue weighted by atomic mass is 16.5. The summed E-state index contributed by atoms with van der Waals surface area (Å²) in [5.74, 6) is -1.45. The van der Waals surface area contributed by atoms with Crippen LogP contribution in [0.3, 0.4) is 0 Å². The molecule has 2 aliphatic rings. The number of hydrogen-bond donors (Lipinski definition) is 2. The number of carboxylic acid groups (broad SMARTS) is 1. The van der Waals surface area contributed by atoms with Gasteiger partial charge in [-0.05, 0) is 34.6 Å². The summed E-state index contributed by atoms with van der Waals surface area (Å²) in [6, 6.07) is 16.3. The van der Waals surface area contributed by atoms with Crippen LogP contribution >= 0.6 is 0 Å². The van der Waals surface area contributed by atoms with E-state index in [-0.39, 0.29) is 36.8 Å². The molecular formula is C23H24N2O5. The minimum atomic E-state index is -1.04. The number of aliphatic carboxylic acids is 1. The van der Waals surface area contributed by atoms with Crippen LogP contribution in [-0.2, 0) is 14.3 Å². The van der Waals surface area contributed by atoms with Crippen molar-refractivity contribution in [2.45, 2.75) is 12.3 Å². The maximum atomic E-state index is 12.2. The molecule has 0 saturated heterocycles. The molecule has 7 heteroatoms. The Hall–Kier alpha value is -3.35. The van der Waals surface area contributed by atoms with E-state index in [1.54, 1.807) is 0 Å². The first-order valence-electron chi connectivity index (χ1n) is 10.0. The normalized spacial score (nSPS) is 18.8. The van der Waals surface area contributed by atoms with E-state index in [0.29, 0.717) is 13.0 Å². The fourth-order valence-electron chi connectivity index (χ4n) is 4.20. The molecule has 0 bridgehead atoms. The van der Waals surface area contributed by atoms with Gasteiger partial charge < -0.3 is 20.1 Å². The van der Waals surface area contributed by atoms with Crippen molar-refractivity contribution in [1.29, 1.82) is 0 Å². The van der Waals surface area contributed by atoms with Gasteiger partial charge in [-0.3, -0.25) is 9.59 Å². The quantitative estimate of drug-likeness (QED) is 0.734. The van der Waals surface area contributed by atoms with Crippen LogP contribution < -0.4 is 5.32 Å². The van der Waals surface area contributed by atoms with Gasteiger partial charge in [0.25, 0.3) is 0 Å². The third-order valence-corrected chi connectivity index (χ3v) is 5.84. The lowest BCUT2D eigenvalue weighted by molar-refractivity contribution is -0.144. The molecule has 2 aliphatic carbocycles. The number of fused-ring (bicyclic) bond motifs is 3. The first-order chi connectivity index (χ1) is 14.5. The number of nitrogens with one attached hydrogen (secondary N) is 1. The van der Waals surface area contributed by atoms with E-state index >= 15 is 0 Å². The second-order valence-corrected chi connectivity index (χ2v) is 7.90. The molecule has 0 radical (unpaired) electrons. The van der Waals surface area contributed by atoms with E-state index in [0.717, 1.165) is 11.1 Å². The highest BCUT2D eigenvalue weighted by Crippen LogP contribution is 2.44. The van der Waals surface area contributed by atoms with Gasteiger partial charge in [0.15, 0.2) is 0 Å². The van der Waals surface area contributed by atoms with E-state index in [9.17, 15) is 14.4 Å². The zero-order valence-electron chi connectivity index (χ0n) is 16.7. The zero-order chi connectivity index (χ0) is 21.3. The number of carboxylic acids is 1. The molecule has 4 rings (SSSR count). The molecule has 0 aromatic heterocycles. The molecule has 2 atom stereocenters. The Balaban J connectivity index is 1.27. The summed E-state index contributed by atoms with van der Waals surface area (Å²) in [7, 11) is 1.48. The molecule has 0 spiro atoms. The van der Waals surface area contributed by atoms with Gasteiger partial charge in [-0.2, -0.15) is 0 Å². The molecule has 2 aromatic rings. The molecule has 0 heterocycles. The number of benzene rings is 2. The number of rotatable bonds is 7. The summed E-state index contributed by atoms with van der Waals surface area (Å²) in [4.78, 5) is 36.3. The van der Waals surface area contributed by atoms with Gasteiger partial charge in [-0.15, -0.1) is 0 Å². The van der Waals surface area contributed by atoms with Crippen LogP contribution in [0.25, 0.3) is 11.1 Å². The van der Waals surface area contributed by atoms with Crippen molar-refractivity contribution in [3.63, 3.8) is 0 Å². The van der Waals surface area contributed by atoms with Crippen LogP contribution in [0.1, 0.15) is 23.5 Å². The van der Waals surface area contributed by atoms with Crippen LogP contribution in [0, 0.1) is 11.8 Å². The molecule has 1 fully saturated rings. The van der Waals surface area contributed by atoms with E-state index < -0.39 is 12.1 Å². The Morgan fingerprint density at radius 1 is 1.07 bits per heavy atom. The number of likely N-dealkylation sites (N-methyl/N-ethyl adjacent to an activating group) is 1. The average Bonchev–Trinajstić information content (AvgIpc) is 3.44. The van der Waals surface area contributed by atoms with Crippen LogP contribution in [0.4, 0.5) is 4.79 Å². The Bertz CT molecular complexity index is 944. The molecule has 7 nitrogen and oxygen atoms in total. The fourth-order valence-corrected chi connectivity index (χ4v) is 4.20. The van der Waals surface area contributed by atoms with Gasteiger partial charge >= 0.3 is 12.1 Å². The maximum absolute atomic E-state index is 12.2. The summed E-state index contributed by atoms with van der Waals surface area (Å²) in [6.45, 7) is 0.268. The third-order valence-electron chi connectivity index (χ3n) is 5.84. The van der Waals surface area contributed by atoms with Gasteiger partial charge in [0.05, 0.1) is 0 Å². The minimum absolute atomic E-state index is 0.00284. The number of alkyl carbamates (subject to hydrolysis) is 1. The topological polar surface area (TPSA) is 95.9 Å². The monoisotopic (exact) mass is 408 g/mol. The fraction of sp³-hybridized carbons (Fsp3) is 0.348. The first-order valence-corrected chi connectivity index (χ1v) is 10.0. The van der Waals surface area contributed by atoms with Crippen molar-refractivity contribution >= 4 is 18.0 Å². The maximum Gasteiger partial charge on any atom is 0.407 e. The largest absolute Gasteiger partial charge is 0.480 e. The second-order valence-electron chi connectivity index (χ2n) is 7.90. The number of nitrogens with zero attached hydrogens (tertiary/aromatic N) is 1. The third kappa shape index (κ3) is 4.01. The van der Waals surface area contributed by atoms with Crippen molar-refractivity contribution in [2.75, 3.05) is 26.7 Å². The molecule has 156 valence electrons. The molecular weight excluding hydrogens is 384 g/mol. The number of carbonyl (C=O) groups excluding carboxylic acids is 2. The Morgan fingerprint density at radius 3 is 2.27 bits per heavy atom. The Kier molecular flexibility index (Phi) is 5.44. The predicted molar refractivity (Wildman–Crippen MR) is 110 cm³/mol. The van der Waals surface area contributed by atoms with Gasteiger partial charge in [-0.1, -0.05) is 48.5 Å². The lowest BCUT2D eigenvalue weighted by Crippen LogP contribution is -2.34. The van der Waals surface area contributed by atoms with Crippen LogP contribution in [0.2, 0.25) is 0 Å². The number of ether oxygens (including phenoxy) is 1. The summed E-state index contributed by atoms with van der Waals surface area (Å²) in [5.41, 5.74) is 4.65. The minimum Gasteiger partial charge on any atom is -0.480 e. The molecule has 2 aromatic carbocycles. The van der Waals surface area contributed by atoms with E-state index in [4.69, 9.17) is 9.84 Å². The number of carbonyl (C=O) groups is 3. The summed E-state index contributed by atoms with van der Waals surface area (Å²) < 4.78 is 5.49. The summed E-state index contributed by atoms with van der Waals surface area (Å²) >= 11 is 0. The highest BCUT2D eigenvalue weighted by Gasteiger charge is 2.44. The van der Waals surface area contributed by atoms with Crippen LogP contribution in [0.15, 0.2) is 48.5 Å². The van der Waals surface area contributed by atoms with Gasteiger partial charge in [0.1, 0.15) is 13.2 Å². The van der Waals surface area contributed by atoms with Crippen molar-refractivity contribution < 1.29 is 24.2 Å². The van der Waals surface area contributed by atoms with Crippen LogP contribution in [-0.4, -0.2) is 54.7 Å². The predicted octanol–water partition coefficient (Wildman–Crippen LogP) is 2.70. The Morgan fingerprint density at radius 2 is 1.67 bits per heavy atom. The standard InChI is InChI=1S/C23H24N2O5/c1-25(12-21(26)27)22(28)19-10-14(19)11-24-23(29)30-13-20-17-8-4-2-6-15(17)16-7-3-5-9-18(16)20/h2-9,14,19-20H,10-13H2,1H3,(H,24,29)(H,26,27). The highest BCUT2D eigenvalue weighted by molar-refractivity contribution is 5.85. The van der Waals surface area contributed by atoms with Crippen molar-refractivity contribution in [2.24, 2.45) is 11.8 Å².